The van der Waals surface area contributed by atoms with Gasteiger partial charge in [-0.2, -0.15) is 5.26 Å². The molecule has 1 aromatic carbocycles. The van der Waals surface area contributed by atoms with Crippen LogP contribution in [-0.4, -0.2) is 13.1 Å². The zero-order chi connectivity index (χ0) is 12.0. The molecule has 0 aliphatic rings. The van der Waals surface area contributed by atoms with E-state index in [-0.39, 0.29) is 12.4 Å². The van der Waals surface area contributed by atoms with Gasteiger partial charge in [0.25, 0.3) is 0 Å². The molecule has 0 heterocycles. The summed E-state index contributed by atoms with van der Waals surface area (Å²) in [7, 11) is 1.37. The average Bonchev–Trinajstić information content (AvgIpc) is 2.29. The molecule has 0 spiro atoms. The SMILES string of the molecule is COC(=O)Cc1ccc(CCC#N)cc1Br. The Kier molecular flexibility index (Phi) is 5.00. The zero-order valence-electron chi connectivity index (χ0n) is 9.00. The first-order chi connectivity index (χ1) is 7.67. The second-order valence-corrected chi connectivity index (χ2v) is 4.19. The Morgan fingerprint density at radius 2 is 2.31 bits per heavy atom. The number of hydrogen-bond acceptors (Lipinski definition) is 3. The fraction of sp³-hybridized carbons (Fsp3) is 0.333. The summed E-state index contributed by atoms with van der Waals surface area (Å²) in [6.45, 7) is 0. The number of nitrogens with zero attached hydrogens (tertiary/aromatic N) is 1. The van der Waals surface area contributed by atoms with Gasteiger partial charge in [-0.15, -0.1) is 0 Å². The first kappa shape index (κ1) is 12.7. The predicted molar refractivity (Wildman–Crippen MR) is 63.8 cm³/mol. The van der Waals surface area contributed by atoms with Gasteiger partial charge in [0, 0.05) is 10.9 Å². The Morgan fingerprint density at radius 1 is 1.56 bits per heavy atom. The van der Waals surface area contributed by atoms with Gasteiger partial charge in [0.2, 0.25) is 0 Å². The summed E-state index contributed by atoms with van der Waals surface area (Å²) in [4.78, 5) is 11.1. The van der Waals surface area contributed by atoms with Gasteiger partial charge < -0.3 is 4.74 Å². The number of hydrogen-bond donors (Lipinski definition) is 0. The molecule has 0 bridgehead atoms. The lowest BCUT2D eigenvalue weighted by Crippen LogP contribution is -2.05. The van der Waals surface area contributed by atoms with Gasteiger partial charge in [0.1, 0.15) is 0 Å². The highest BCUT2D eigenvalue weighted by atomic mass is 79.9. The van der Waals surface area contributed by atoms with Crippen molar-refractivity contribution in [3.05, 3.63) is 33.8 Å². The van der Waals surface area contributed by atoms with E-state index in [1.54, 1.807) is 0 Å². The Hall–Kier alpha value is -1.34. The molecule has 0 saturated carbocycles. The number of ether oxygens (including phenoxy) is 1. The molecule has 0 aliphatic carbocycles. The number of aryl methyl sites for hydroxylation is 1. The first-order valence-corrected chi connectivity index (χ1v) is 5.67. The highest BCUT2D eigenvalue weighted by Gasteiger charge is 2.07. The Bertz CT molecular complexity index is 424. The van der Waals surface area contributed by atoms with Gasteiger partial charge in [0.15, 0.2) is 0 Å². The number of carbonyl (C=O) groups excluding carboxylic acids is 1. The summed E-state index contributed by atoms with van der Waals surface area (Å²) in [6.07, 6.45) is 1.49. The van der Waals surface area contributed by atoms with E-state index in [1.165, 1.54) is 7.11 Å². The van der Waals surface area contributed by atoms with Crippen molar-refractivity contribution in [2.45, 2.75) is 19.3 Å². The van der Waals surface area contributed by atoms with Crippen molar-refractivity contribution in [3.63, 3.8) is 0 Å². The van der Waals surface area contributed by atoms with Crippen LogP contribution in [0.3, 0.4) is 0 Å². The normalized spacial score (nSPS) is 9.56. The molecule has 4 heteroatoms. The lowest BCUT2D eigenvalue weighted by atomic mass is 10.1. The van der Waals surface area contributed by atoms with Crippen molar-refractivity contribution in [2.75, 3.05) is 7.11 Å². The van der Waals surface area contributed by atoms with Gasteiger partial charge in [-0.1, -0.05) is 28.1 Å². The standard InChI is InChI=1S/C12H12BrNO2/c1-16-12(15)8-10-5-4-9(3-2-6-14)7-11(10)13/h4-5,7H,2-3,8H2,1H3. The summed E-state index contributed by atoms with van der Waals surface area (Å²) >= 11 is 3.41. The number of esters is 1. The molecule has 0 aromatic heterocycles. The summed E-state index contributed by atoms with van der Waals surface area (Å²) < 4.78 is 5.48. The van der Waals surface area contributed by atoms with E-state index in [1.807, 2.05) is 18.2 Å². The second kappa shape index (κ2) is 6.29. The monoisotopic (exact) mass is 281 g/mol. The van der Waals surface area contributed by atoms with E-state index >= 15 is 0 Å². The quantitative estimate of drug-likeness (QED) is 0.798. The van der Waals surface area contributed by atoms with Gasteiger partial charge >= 0.3 is 5.97 Å². The summed E-state index contributed by atoms with van der Waals surface area (Å²) in [5.74, 6) is -0.259. The van der Waals surface area contributed by atoms with Crippen LogP contribution in [0.1, 0.15) is 17.5 Å². The zero-order valence-corrected chi connectivity index (χ0v) is 10.6. The Morgan fingerprint density at radius 3 is 2.88 bits per heavy atom. The average molecular weight is 282 g/mol. The van der Waals surface area contributed by atoms with E-state index in [9.17, 15) is 4.79 Å². The fourth-order valence-electron chi connectivity index (χ4n) is 1.32. The first-order valence-electron chi connectivity index (χ1n) is 4.88. The van der Waals surface area contributed by atoms with E-state index in [4.69, 9.17) is 5.26 Å². The maximum Gasteiger partial charge on any atom is 0.310 e. The number of rotatable bonds is 4. The smallest absolute Gasteiger partial charge is 0.310 e. The molecule has 0 aliphatic heterocycles. The summed E-state index contributed by atoms with van der Waals surface area (Å²) in [6, 6.07) is 7.86. The number of benzene rings is 1. The topological polar surface area (TPSA) is 50.1 Å². The van der Waals surface area contributed by atoms with Crippen LogP contribution in [0, 0.1) is 11.3 Å². The maximum atomic E-state index is 11.1. The molecule has 84 valence electrons. The minimum absolute atomic E-state index is 0.259. The van der Waals surface area contributed by atoms with Crippen LogP contribution in [0.2, 0.25) is 0 Å². The van der Waals surface area contributed by atoms with Crippen molar-refractivity contribution in [1.82, 2.24) is 0 Å². The maximum absolute atomic E-state index is 11.1. The molecule has 0 N–H and O–H groups in total. The molecular formula is C12H12BrNO2. The van der Waals surface area contributed by atoms with E-state index in [0.717, 1.165) is 22.0 Å². The lowest BCUT2D eigenvalue weighted by Gasteiger charge is -2.05. The largest absolute Gasteiger partial charge is 0.469 e. The van der Waals surface area contributed by atoms with Crippen LogP contribution in [-0.2, 0) is 22.4 Å². The summed E-state index contributed by atoms with van der Waals surface area (Å²) in [5, 5.41) is 8.48. The van der Waals surface area contributed by atoms with Crippen molar-refractivity contribution < 1.29 is 9.53 Å². The molecule has 0 radical (unpaired) electrons. The molecule has 1 aromatic rings. The van der Waals surface area contributed by atoms with Crippen molar-refractivity contribution >= 4 is 21.9 Å². The van der Waals surface area contributed by atoms with Crippen LogP contribution < -0.4 is 0 Å². The van der Waals surface area contributed by atoms with Crippen LogP contribution in [0.5, 0.6) is 0 Å². The third kappa shape index (κ3) is 3.67. The molecule has 16 heavy (non-hydrogen) atoms. The number of methoxy groups -OCH3 is 1. The van der Waals surface area contributed by atoms with E-state index < -0.39 is 0 Å². The van der Waals surface area contributed by atoms with Gasteiger partial charge in [-0.3, -0.25) is 4.79 Å². The molecule has 3 nitrogen and oxygen atoms in total. The predicted octanol–water partition coefficient (Wildman–Crippen LogP) is 2.62. The van der Waals surface area contributed by atoms with Crippen molar-refractivity contribution in [3.8, 4) is 6.07 Å². The molecule has 0 saturated heterocycles. The Balaban J connectivity index is 2.75. The van der Waals surface area contributed by atoms with Crippen LogP contribution in [0.25, 0.3) is 0 Å². The summed E-state index contributed by atoms with van der Waals surface area (Å²) in [5.41, 5.74) is 1.98. The second-order valence-electron chi connectivity index (χ2n) is 3.34. The minimum atomic E-state index is -0.259. The Labute approximate surface area is 103 Å². The lowest BCUT2D eigenvalue weighted by molar-refractivity contribution is -0.139. The highest BCUT2D eigenvalue weighted by Crippen LogP contribution is 2.20. The molecule has 0 fully saturated rings. The van der Waals surface area contributed by atoms with Crippen molar-refractivity contribution in [1.29, 1.82) is 5.26 Å². The molecule has 0 amide bonds. The van der Waals surface area contributed by atoms with Crippen LogP contribution >= 0.6 is 15.9 Å². The van der Waals surface area contributed by atoms with Crippen LogP contribution in [0.4, 0.5) is 0 Å². The molecule has 1 rings (SSSR count). The minimum Gasteiger partial charge on any atom is -0.469 e. The molecule has 0 unspecified atom stereocenters. The third-order valence-corrected chi connectivity index (χ3v) is 2.94. The van der Waals surface area contributed by atoms with Crippen LogP contribution in [0.15, 0.2) is 22.7 Å². The third-order valence-electron chi connectivity index (χ3n) is 2.21. The van der Waals surface area contributed by atoms with Gasteiger partial charge in [-0.25, -0.2) is 0 Å². The fourth-order valence-corrected chi connectivity index (χ4v) is 1.88. The van der Waals surface area contributed by atoms with Gasteiger partial charge in [0.05, 0.1) is 19.6 Å². The van der Waals surface area contributed by atoms with E-state index in [2.05, 4.69) is 26.7 Å². The number of nitriles is 1. The van der Waals surface area contributed by atoms with Gasteiger partial charge in [-0.05, 0) is 23.6 Å². The van der Waals surface area contributed by atoms with E-state index in [0.29, 0.717) is 6.42 Å². The molecule has 0 atom stereocenters. The highest BCUT2D eigenvalue weighted by molar-refractivity contribution is 9.10. The van der Waals surface area contributed by atoms with Crippen molar-refractivity contribution in [2.24, 2.45) is 0 Å². The number of halogens is 1. The number of carbonyl (C=O) groups is 1. The molecular weight excluding hydrogens is 270 g/mol.